The van der Waals surface area contributed by atoms with Crippen LogP contribution in [-0.2, 0) is 5.60 Å². The third-order valence-electron chi connectivity index (χ3n) is 2.74. The van der Waals surface area contributed by atoms with E-state index >= 15 is 0 Å². The molecule has 0 saturated heterocycles. The minimum atomic E-state index is -0.828. The van der Waals surface area contributed by atoms with E-state index in [0.29, 0.717) is 0 Å². The Labute approximate surface area is 109 Å². The molecule has 1 aromatic heterocycles. The van der Waals surface area contributed by atoms with Crippen molar-refractivity contribution in [3.8, 4) is 5.69 Å². The molecule has 2 rings (SSSR count). The zero-order valence-corrected chi connectivity index (χ0v) is 11.7. The Balaban J connectivity index is 2.50. The average molecular weight is 295 g/mol. The third-order valence-corrected chi connectivity index (χ3v) is 3.37. The van der Waals surface area contributed by atoms with Gasteiger partial charge in [-0.2, -0.15) is 0 Å². The van der Waals surface area contributed by atoms with Gasteiger partial charge in [-0.1, -0.05) is 6.07 Å². The first-order chi connectivity index (χ1) is 7.89. The lowest BCUT2D eigenvalue weighted by molar-refractivity contribution is 0.0785. The lowest BCUT2D eigenvalue weighted by atomic mass is 9.98. The third kappa shape index (κ3) is 2.42. The fourth-order valence-corrected chi connectivity index (χ4v) is 2.29. The monoisotopic (exact) mass is 294 g/mol. The lowest BCUT2D eigenvalue weighted by Gasteiger charge is -2.19. The smallest absolute Gasteiger partial charge is 0.110 e. The Morgan fingerprint density at radius 3 is 2.53 bits per heavy atom. The van der Waals surface area contributed by atoms with Gasteiger partial charge in [0.1, 0.15) is 5.82 Å². The summed E-state index contributed by atoms with van der Waals surface area (Å²) >= 11 is 3.54. The number of hydrogen-bond donors (Lipinski definition) is 1. The van der Waals surface area contributed by atoms with Crippen LogP contribution in [0.15, 0.2) is 35.1 Å². The van der Waals surface area contributed by atoms with Gasteiger partial charge in [0.25, 0.3) is 0 Å². The van der Waals surface area contributed by atoms with Crippen molar-refractivity contribution in [2.75, 3.05) is 0 Å². The van der Waals surface area contributed by atoms with E-state index in [4.69, 9.17) is 0 Å². The maximum absolute atomic E-state index is 9.95. The molecule has 17 heavy (non-hydrogen) atoms. The Morgan fingerprint density at radius 2 is 2.06 bits per heavy atom. The van der Waals surface area contributed by atoms with Crippen molar-refractivity contribution in [3.63, 3.8) is 0 Å². The van der Waals surface area contributed by atoms with Crippen molar-refractivity contribution < 1.29 is 5.11 Å². The van der Waals surface area contributed by atoms with E-state index in [-0.39, 0.29) is 0 Å². The molecule has 90 valence electrons. The van der Waals surface area contributed by atoms with Crippen LogP contribution in [0.5, 0.6) is 0 Å². The Hall–Kier alpha value is -1.13. The summed E-state index contributed by atoms with van der Waals surface area (Å²) in [6, 6.07) is 5.85. The fourth-order valence-electron chi connectivity index (χ4n) is 1.72. The summed E-state index contributed by atoms with van der Waals surface area (Å²) in [5.41, 5.74) is 1.07. The van der Waals surface area contributed by atoms with E-state index < -0.39 is 5.60 Å². The highest BCUT2D eigenvalue weighted by molar-refractivity contribution is 9.10. The maximum atomic E-state index is 9.95. The molecule has 0 spiro atoms. The second-order valence-electron chi connectivity index (χ2n) is 4.57. The highest BCUT2D eigenvalue weighted by Crippen LogP contribution is 2.28. The minimum absolute atomic E-state index is 0.828. The summed E-state index contributed by atoms with van der Waals surface area (Å²) in [6.45, 7) is 5.50. The SMILES string of the molecule is Cc1nccn1-c1ccc(C(C)(C)O)cc1Br. The molecule has 0 amide bonds. The van der Waals surface area contributed by atoms with Crippen molar-refractivity contribution in [1.82, 2.24) is 9.55 Å². The van der Waals surface area contributed by atoms with Crippen LogP contribution in [0.3, 0.4) is 0 Å². The van der Waals surface area contributed by atoms with Crippen molar-refractivity contribution in [3.05, 3.63) is 46.5 Å². The molecule has 0 fully saturated rings. The molecule has 1 aromatic carbocycles. The molecular formula is C13H15BrN2O. The largest absolute Gasteiger partial charge is 0.386 e. The summed E-state index contributed by atoms with van der Waals surface area (Å²) in [4.78, 5) is 4.20. The summed E-state index contributed by atoms with van der Waals surface area (Å²) in [5, 5.41) is 9.95. The van der Waals surface area contributed by atoms with Crippen LogP contribution in [0.2, 0.25) is 0 Å². The van der Waals surface area contributed by atoms with E-state index in [2.05, 4.69) is 20.9 Å². The number of imidazole rings is 1. The second-order valence-corrected chi connectivity index (χ2v) is 5.42. The number of rotatable bonds is 2. The Morgan fingerprint density at radius 1 is 1.35 bits per heavy atom. The van der Waals surface area contributed by atoms with Crippen LogP contribution in [-0.4, -0.2) is 14.7 Å². The molecule has 1 N–H and O–H groups in total. The second kappa shape index (κ2) is 4.27. The van der Waals surface area contributed by atoms with Gasteiger partial charge in [0, 0.05) is 16.9 Å². The molecule has 4 heteroatoms. The van der Waals surface area contributed by atoms with E-state index in [0.717, 1.165) is 21.5 Å². The summed E-state index contributed by atoms with van der Waals surface area (Å²) in [6.07, 6.45) is 3.69. The fraction of sp³-hybridized carbons (Fsp3) is 0.308. The first-order valence-electron chi connectivity index (χ1n) is 5.42. The maximum Gasteiger partial charge on any atom is 0.110 e. The van der Waals surface area contributed by atoms with Gasteiger partial charge in [0.15, 0.2) is 0 Å². The topological polar surface area (TPSA) is 38.0 Å². The molecule has 0 aliphatic carbocycles. The molecule has 0 radical (unpaired) electrons. The zero-order chi connectivity index (χ0) is 12.6. The molecule has 1 heterocycles. The van der Waals surface area contributed by atoms with Gasteiger partial charge in [-0.05, 0) is 54.4 Å². The molecule has 0 unspecified atom stereocenters. The quantitative estimate of drug-likeness (QED) is 0.924. The van der Waals surface area contributed by atoms with Gasteiger partial charge in [0.2, 0.25) is 0 Å². The highest BCUT2D eigenvalue weighted by Gasteiger charge is 2.17. The summed E-state index contributed by atoms with van der Waals surface area (Å²) in [7, 11) is 0. The lowest BCUT2D eigenvalue weighted by Crippen LogP contribution is -2.15. The van der Waals surface area contributed by atoms with Crippen molar-refractivity contribution in [2.45, 2.75) is 26.4 Å². The molecule has 0 aliphatic rings. The van der Waals surface area contributed by atoms with Crippen LogP contribution >= 0.6 is 15.9 Å². The Bertz CT molecular complexity index is 541. The van der Waals surface area contributed by atoms with Crippen molar-refractivity contribution >= 4 is 15.9 Å². The predicted molar refractivity (Wildman–Crippen MR) is 71.2 cm³/mol. The summed E-state index contributed by atoms with van der Waals surface area (Å²) < 4.78 is 2.94. The number of hydrogen-bond acceptors (Lipinski definition) is 2. The first kappa shape index (κ1) is 12.3. The molecule has 3 nitrogen and oxygen atoms in total. The van der Waals surface area contributed by atoms with Crippen molar-refractivity contribution in [1.29, 1.82) is 0 Å². The van der Waals surface area contributed by atoms with E-state index in [9.17, 15) is 5.11 Å². The van der Waals surface area contributed by atoms with Crippen LogP contribution in [0.25, 0.3) is 5.69 Å². The highest BCUT2D eigenvalue weighted by atomic mass is 79.9. The number of aliphatic hydroxyl groups is 1. The number of nitrogens with zero attached hydrogens (tertiary/aromatic N) is 2. The molecule has 0 bridgehead atoms. The van der Waals surface area contributed by atoms with Gasteiger partial charge in [-0.15, -0.1) is 0 Å². The normalized spacial score (nSPS) is 11.8. The van der Waals surface area contributed by atoms with E-state index in [1.165, 1.54) is 0 Å². The molecule has 2 aromatic rings. The number of aromatic nitrogens is 2. The minimum Gasteiger partial charge on any atom is -0.386 e. The van der Waals surface area contributed by atoms with Gasteiger partial charge in [-0.3, -0.25) is 0 Å². The standard InChI is InChI=1S/C13H15BrN2O/c1-9-15-6-7-16(9)12-5-4-10(8-11(12)14)13(2,3)17/h4-8,17H,1-3H3. The predicted octanol–water partition coefficient (Wildman–Crippen LogP) is 3.17. The number of aryl methyl sites for hydroxylation is 1. The zero-order valence-electron chi connectivity index (χ0n) is 10.1. The molecule has 0 aliphatic heterocycles. The molecular weight excluding hydrogens is 280 g/mol. The molecule has 0 atom stereocenters. The van der Waals surface area contributed by atoms with Gasteiger partial charge in [-0.25, -0.2) is 4.98 Å². The first-order valence-corrected chi connectivity index (χ1v) is 6.21. The van der Waals surface area contributed by atoms with Crippen LogP contribution < -0.4 is 0 Å². The average Bonchev–Trinajstić information content (AvgIpc) is 2.63. The van der Waals surface area contributed by atoms with E-state index in [1.807, 2.05) is 35.9 Å². The van der Waals surface area contributed by atoms with Gasteiger partial charge in [0.05, 0.1) is 11.3 Å². The van der Waals surface area contributed by atoms with Crippen LogP contribution in [0.4, 0.5) is 0 Å². The van der Waals surface area contributed by atoms with Gasteiger partial charge < -0.3 is 9.67 Å². The van der Waals surface area contributed by atoms with Gasteiger partial charge >= 0.3 is 0 Å². The van der Waals surface area contributed by atoms with Crippen LogP contribution in [0.1, 0.15) is 25.2 Å². The molecule has 0 saturated carbocycles. The van der Waals surface area contributed by atoms with Crippen LogP contribution in [0, 0.1) is 6.92 Å². The number of halogens is 1. The summed E-state index contributed by atoms with van der Waals surface area (Å²) in [5.74, 6) is 0.932. The van der Waals surface area contributed by atoms with Crippen molar-refractivity contribution in [2.24, 2.45) is 0 Å². The number of benzene rings is 1. The Kier molecular flexibility index (Phi) is 3.10. The van der Waals surface area contributed by atoms with E-state index in [1.54, 1.807) is 20.0 Å².